The van der Waals surface area contributed by atoms with Gasteiger partial charge in [0.25, 0.3) is 0 Å². The highest BCUT2D eigenvalue weighted by Crippen LogP contribution is 2.36. The summed E-state index contributed by atoms with van der Waals surface area (Å²) in [5.41, 5.74) is -1.16. The minimum atomic E-state index is -1.16. The molecule has 4 nitrogen and oxygen atoms in total. The van der Waals surface area contributed by atoms with E-state index in [1.165, 1.54) is 0 Å². The van der Waals surface area contributed by atoms with Crippen molar-refractivity contribution in [2.24, 2.45) is 0 Å². The number of fused-ring (bicyclic) bond motifs is 1. The lowest BCUT2D eigenvalue weighted by molar-refractivity contribution is -0.128. The summed E-state index contributed by atoms with van der Waals surface area (Å²) in [5, 5.41) is 18.8. The van der Waals surface area contributed by atoms with Gasteiger partial charge in [0.05, 0.1) is 19.1 Å². The topological polar surface area (TPSA) is 60.8 Å². The Kier molecular flexibility index (Phi) is 1.63. The number of carbonyl (C=O) groups is 1. The molecule has 0 spiro atoms. The van der Waals surface area contributed by atoms with Gasteiger partial charge in [-0.1, -0.05) is 0 Å². The highest BCUT2D eigenvalue weighted by Gasteiger charge is 2.51. The maximum Gasteiger partial charge on any atom is 0.225 e. The number of rotatable bonds is 1. The van der Waals surface area contributed by atoms with Gasteiger partial charge in [-0.05, 0) is 12.8 Å². The molecule has 2 heterocycles. The number of aliphatic hydroxyl groups excluding tert-OH is 1. The second kappa shape index (κ2) is 2.44. The molecule has 0 aliphatic carbocycles. The van der Waals surface area contributed by atoms with Gasteiger partial charge in [0.15, 0.2) is 0 Å². The third kappa shape index (κ3) is 0.881. The van der Waals surface area contributed by atoms with Gasteiger partial charge in [-0.25, -0.2) is 0 Å². The average Bonchev–Trinajstić information content (AvgIpc) is 2.58. The Balaban J connectivity index is 2.25. The summed E-state index contributed by atoms with van der Waals surface area (Å²) in [4.78, 5) is 13.0. The number of aliphatic hydroxyl groups is 2. The molecule has 2 saturated heterocycles. The van der Waals surface area contributed by atoms with Crippen LogP contribution in [0, 0.1) is 0 Å². The summed E-state index contributed by atoms with van der Waals surface area (Å²) in [7, 11) is 0. The summed E-state index contributed by atoms with van der Waals surface area (Å²) in [6.07, 6.45) is 1.86. The van der Waals surface area contributed by atoms with Crippen LogP contribution in [0.15, 0.2) is 0 Å². The molecule has 1 amide bonds. The molecule has 2 aliphatic heterocycles. The summed E-state index contributed by atoms with van der Waals surface area (Å²) >= 11 is 0. The molecular formula is C8H13NO3. The van der Waals surface area contributed by atoms with E-state index in [0.29, 0.717) is 0 Å². The fourth-order valence-corrected chi connectivity index (χ4v) is 2.27. The molecule has 2 atom stereocenters. The van der Waals surface area contributed by atoms with Crippen molar-refractivity contribution in [2.75, 3.05) is 13.2 Å². The molecule has 0 saturated carbocycles. The second-order valence-electron chi connectivity index (χ2n) is 3.68. The highest BCUT2D eigenvalue weighted by atomic mass is 16.3. The van der Waals surface area contributed by atoms with E-state index < -0.39 is 5.60 Å². The first kappa shape index (κ1) is 8.01. The van der Waals surface area contributed by atoms with Crippen molar-refractivity contribution in [3.05, 3.63) is 0 Å². The molecular weight excluding hydrogens is 158 g/mol. The molecule has 2 rings (SSSR count). The largest absolute Gasteiger partial charge is 0.393 e. The predicted molar refractivity (Wildman–Crippen MR) is 41.4 cm³/mol. The lowest BCUT2D eigenvalue weighted by Gasteiger charge is -2.26. The van der Waals surface area contributed by atoms with Gasteiger partial charge < -0.3 is 15.1 Å². The van der Waals surface area contributed by atoms with Gasteiger partial charge in [-0.3, -0.25) is 4.79 Å². The summed E-state index contributed by atoms with van der Waals surface area (Å²) in [6, 6.07) is -0.130. The maximum atomic E-state index is 11.3. The fraction of sp³-hybridized carbons (Fsp3) is 0.875. The Morgan fingerprint density at radius 2 is 2.42 bits per heavy atom. The van der Waals surface area contributed by atoms with Crippen molar-refractivity contribution in [1.29, 1.82) is 0 Å². The molecule has 0 aromatic heterocycles. The van der Waals surface area contributed by atoms with Gasteiger partial charge in [-0.15, -0.1) is 0 Å². The van der Waals surface area contributed by atoms with Gasteiger partial charge >= 0.3 is 0 Å². The zero-order valence-corrected chi connectivity index (χ0v) is 6.86. The monoisotopic (exact) mass is 171 g/mol. The number of amides is 1. The van der Waals surface area contributed by atoms with Crippen molar-refractivity contribution in [3.8, 4) is 0 Å². The van der Waals surface area contributed by atoms with E-state index in [-0.39, 0.29) is 25.0 Å². The Bertz CT molecular complexity index is 218. The Hall–Kier alpha value is -0.610. The minimum Gasteiger partial charge on any atom is -0.393 e. The predicted octanol–water partition coefficient (Wildman–Crippen LogP) is -0.896. The first-order chi connectivity index (χ1) is 5.67. The lowest BCUT2D eigenvalue weighted by Crippen LogP contribution is -2.44. The van der Waals surface area contributed by atoms with E-state index in [4.69, 9.17) is 5.11 Å². The Morgan fingerprint density at radius 3 is 3.08 bits per heavy atom. The van der Waals surface area contributed by atoms with Crippen molar-refractivity contribution in [3.63, 3.8) is 0 Å². The molecule has 0 aromatic carbocycles. The molecule has 4 heteroatoms. The van der Waals surface area contributed by atoms with Crippen LogP contribution in [0.3, 0.4) is 0 Å². The standard InChI is InChI=1S/C8H13NO3/c10-5-8(12)4-7(11)9-3-1-2-6(8)9/h6,10,12H,1-5H2. The molecule has 2 fully saturated rings. The van der Waals surface area contributed by atoms with E-state index in [1.54, 1.807) is 4.90 Å². The molecule has 2 aliphatic rings. The van der Waals surface area contributed by atoms with Crippen molar-refractivity contribution in [2.45, 2.75) is 30.9 Å². The molecule has 12 heavy (non-hydrogen) atoms. The van der Waals surface area contributed by atoms with Crippen LogP contribution in [0.1, 0.15) is 19.3 Å². The SMILES string of the molecule is O=C1CC(O)(CO)C2CCCN12. The van der Waals surface area contributed by atoms with Crippen LogP contribution in [0.4, 0.5) is 0 Å². The Labute approximate surface area is 70.8 Å². The van der Waals surface area contributed by atoms with Gasteiger partial charge in [0.1, 0.15) is 5.60 Å². The molecule has 2 N–H and O–H groups in total. The quantitative estimate of drug-likeness (QED) is 0.537. The fourth-order valence-electron chi connectivity index (χ4n) is 2.27. The first-order valence-corrected chi connectivity index (χ1v) is 4.30. The zero-order valence-electron chi connectivity index (χ0n) is 6.86. The lowest BCUT2D eigenvalue weighted by atomic mass is 9.94. The molecule has 68 valence electrons. The van der Waals surface area contributed by atoms with E-state index >= 15 is 0 Å². The van der Waals surface area contributed by atoms with E-state index in [1.807, 2.05) is 0 Å². The Morgan fingerprint density at radius 1 is 1.67 bits per heavy atom. The molecule has 0 aromatic rings. The van der Waals surface area contributed by atoms with E-state index in [0.717, 1.165) is 19.4 Å². The summed E-state index contributed by atoms with van der Waals surface area (Å²) < 4.78 is 0. The number of carbonyl (C=O) groups excluding carboxylic acids is 1. The maximum absolute atomic E-state index is 11.3. The molecule has 0 radical (unpaired) electrons. The highest BCUT2D eigenvalue weighted by molar-refractivity contribution is 5.81. The van der Waals surface area contributed by atoms with Crippen molar-refractivity contribution >= 4 is 5.91 Å². The molecule has 0 bridgehead atoms. The normalized spacial score (nSPS) is 40.7. The van der Waals surface area contributed by atoms with Crippen LogP contribution in [0.2, 0.25) is 0 Å². The second-order valence-corrected chi connectivity index (χ2v) is 3.68. The van der Waals surface area contributed by atoms with Gasteiger partial charge in [-0.2, -0.15) is 0 Å². The van der Waals surface area contributed by atoms with Crippen LogP contribution in [0.5, 0.6) is 0 Å². The smallest absolute Gasteiger partial charge is 0.225 e. The summed E-state index contributed by atoms with van der Waals surface area (Å²) in [5.74, 6) is -0.0194. The average molecular weight is 171 g/mol. The minimum absolute atomic E-state index is 0.0194. The van der Waals surface area contributed by atoms with Crippen LogP contribution in [-0.4, -0.2) is 45.8 Å². The third-order valence-corrected chi connectivity index (χ3v) is 2.92. The van der Waals surface area contributed by atoms with E-state index in [9.17, 15) is 9.90 Å². The van der Waals surface area contributed by atoms with Crippen LogP contribution in [0.25, 0.3) is 0 Å². The number of hydrogen-bond donors (Lipinski definition) is 2. The summed E-state index contributed by atoms with van der Waals surface area (Å²) in [6.45, 7) is 0.436. The van der Waals surface area contributed by atoms with Crippen LogP contribution < -0.4 is 0 Å². The number of hydrogen-bond acceptors (Lipinski definition) is 3. The van der Waals surface area contributed by atoms with Crippen molar-refractivity contribution in [1.82, 2.24) is 4.90 Å². The van der Waals surface area contributed by atoms with Gasteiger partial charge in [0, 0.05) is 6.54 Å². The van der Waals surface area contributed by atoms with Crippen molar-refractivity contribution < 1.29 is 15.0 Å². The molecule has 2 unspecified atom stereocenters. The first-order valence-electron chi connectivity index (χ1n) is 4.30. The van der Waals surface area contributed by atoms with Gasteiger partial charge in [0.2, 0.25) is 5.91 Å². The van der Waals surface area contributed by atoms with Crippen LogP contribution >= 0.6 is 0 Å². The number of nitrogens with zero attached hydrogens (tertiary/aromatic N) is 1. The zero-order chi connectivity index (χ0) is 8.77. The van der Waals surface area contributed by atoms with E-state index in [2.05, 4.69) is 0 Å². The third-order valence-electron chi connectivity index (χ3n) is 2.92. The van der Waals surface area contributed by atoms with Crippen LogP contribution in [-0.2, 0) is 4.79 Å².